The molecule has 0 amide bonds. The Balaban J connectivity index is 3.56. The van der Waals surface area contributed by atoms with Crippen molar-refractivity contribution in [2.24, 2.45) is 0 Å². The van der Waals surface area contributed by atoms with E-state index in [2.05, 4.69) is 50.3 Å². The largest absolute Gasteiger partial charge is 0.462 e. The smallest absolute Gasteiger partial charge is 0.306 e. The molecule has 1 unspecified atom stereocenters. The monoisotopic (exact) mass is 675 g/mol. The Morgan fingerprint density at radius 2 is 0.833 bits per heavy atom. The Labute approximate surface area is 297 Å². The van der Waals surface area contributed by atoms with E-state index in [0.29, 0.717) is 12.8 Å². The third kappa shape index (κ3) is 36.9. The molecule has 0 aliphatic heterocycles. The van der Waals surface area contributed by atoms with Crippen LogP contribution in [0.5, 0.6) is 0 Å². The fourth-order valence-electron chi connectivity index (χ4n) is 5.75. The van der Waals surface area contributed by atoms with Crippen LogP contribution in [0.2, 0.25) is 0 Å². The van der Waals surface area contributed by atoms with Crippen molar-refractivity contribution in [1.82, 2.24) is 0 Å². The van der Waals surface area contributed by atoms with Gasteiger partial charge in [-0.15, -0.1) is 0 Å². The van der Waals surface area contributed by atoms with Crippen LogP contribution in [0.4, 0.5) is 0 Å². The molecule has 0 saturated carbocycles. The first-order chi connectivity index (χ1) is 23.6. The predicted molar refractivity (Wildman–Crippen MR) is 205 cm³/mol. The van der Waals surface area contributed by atoms with E-state index in [1.165, 1.54) is 128 Å². The van der Waals surface area contributed by atoms with Crippen molar-refractivity contribution < 1.29 is 24.2 Å². The summed E-state index contributed by atoms with van der Waals surface area (Å²) in [6, 6.07) is 0. The maximum absolute atomic E-state index is 12.2. The summed E-state index contributed by atoms with van der Waals surface area (Å²) in [5, 5.41) is 9.56. The second-order valence-electron chi connectivity index (χ2n) is 13.7. The van der Waals surface area contributed by atoms with Gasteiger partial charge < -0.3 is 14.6 Å². The summed E-state index contributed by atoms with van der Waals surface area (Å²) in [5.74, 6) is -0.601. The van der Waals surface area contributed by atoms with Crippen LogP contribution in [0.15, 0.2) is 36.5 Å². The molecule has 5 nitrogen and oxygen atoms in total. The Morgan fingerprint density at radius 3 is 1.29 bits per heavy atom. The summed E-state index contributed by atoms with van der Waals surface area (Å²) < 4.78 is 10.6. The molecule has 0 fully saturated rings. The molecule has 0 aliphatic carbocycles. The lowest BCUT2D eigenvalue weighted by Gasteiger charge is -2.15. The van der Waals surface area contributed by atoms with Crippen molar-refractivity contribution >= 4 is 11.9 Å². The number of rotatable bonds is 37. The van der Waals surface area contributed by atoms with Crippen LogP contribution in [-0.4, -0.2) is 36.4 Å². The molecule has 0 aromatic carbocycles. The number of esters is 2. The lowest BCUT2D eigenvalue weighted by atomic mass is 10.1. The summed E-state index contributed by atoms with van der Waals surface area (Å²) >= 11 is 0. The van der Waals surface area contributed by atoms with Gasteiger partial charge >= 0.3 is 11.9 Å². The molecule has 0 aromatic heterocycles. The van der Waals surface area contributed by atoms with E-state index in [1.54, 1.807) is 0 Å². The number of carbonyl (C=O) groups excluding carboxylic acids is 2. The van der Waals surface area contributed by atoms with Crippen molar-refractivity contribution in [3.8, 4) is 0 Å². The normalized spacial score (nSPS) is 12.5. The average molecular weight is 675 g/mol. The third-order valence-corrected chi connectivity index (χ3v) is 8.91. The van der Waals surface area contributed by atoms with Gasteiger partial charge in [-0.2, -0.15) is 0 Å². The van der Waals surface area contributed by atoms with Crippen molar-refractivity contribution in [2.75, 3.05) is 13.2 Å². The Morgan fingerprint density at radius 1 is 0.479 bits per heavy atom. The predicted octanol–water partition coefficient (Wildman–Crippen LogP) is 12.8. The number of hydrogen-bond acceptors (Lipinski definition) is 5. The molecule has 5 heteroatoms. The molecular weight excluding hydrogens is 596 g/mol. The van der Waals surface area contributed by atoms with Gasteiger partial charge in [0.2, 0.25) is 0 Å². The molecule has 48 heavy (non-hydrogen) atoms. The molecule has 280 valence electrons. The number of carbonyl (C=O) groups is 2. The molecule has 0 aliphatic rings. The molecule has 1 N–H and O–H groups in total. The van der Waals surface area contributed by atoms with E-state index >= 15 is 0 Å². The van der Waals surface area contributed by atoms with Gasteiger partial charge in [0.25, 0.3) is 0 Å². The maximum atomic E-state index is 12.2. The van der Waals surface area contributed by atoms with Crippen LogP contribution in [0.25, 0.3) is 0 Å². The van der Waals surface area contributed by atoms with Crippen LogP contribution in [0.3, 0.4) is 0 Å². The number of ether oxygens (including phenoxy) is 2. The standard InChI is InChI=1S/C43H78O5/c1-3-5-7-9-11-13-15-17-19-21-23-25-27-29-31-33-35-37-42(45)47-40-41(39-44)48-43(46)38-36-34-32-30-28-26-24-22-20-18-16-14-12-10-8-6-4-2/h12,14,17-20,41,44H,3-11,13,15-16,21-40H2,1-2H3. The van der Waals surface area contributed by atoms with Crippen LogP contribution in [0.1, 0.15) is 206 Å². The number of aliphatic hydroxyl groups excluding tert-OH is 1. The fraction of sp³-hybridized carbons (Fsp3) is 0.814. The zero-order valence-electron chi connectivity index (χ0n) is 31.7. The average Bonchev–Trinajstić information content (AvgIpc) is 3.09. The van der Waals surface area contributed by atoms with Crippen LogP contribution in [-0.2, 0) is 19.1 Å². The molecule has 0 rings (SSSR count). The number of aliphatic hydroxyl groups is 1. The van der Waals surface area contributed by atoms with Gasteiger partial charge in [-0.05, 0) is 70.6 Å². The summed E-state index contributed by atoms with van der Waals surface area (Å²) in [4.78, 5) is 24.3. The van der Waals surface area contributed by atoms with E-state index in [1.807, 2.05) is 0 Å². The Hall–Kier alpha value is -1.88. The minimum atomic E-state index is -0.775. The number of unbranched alkanes of at least 4 members (excludes halogenated alkanes) is 23. The summed E-state index contributed by atoms with van der Waals surface area (Å²) in [5.41, 5.74) is 0. The molecule has 0 saturated heterocycles. The maximum Gasteiger partial charge on any atom is 0.306 e. The highest BCUT2D eigenvalue weighted by atomic mass is 16.6. The first kappa shape index (κ1) is 46.1. The highest BCUT2D eigenvalue weighted by molar-refractivity contribution is 5.70. The lowest BCUT2D eigenvalue weighted by Crippen LogP contribution is -2.28. The number of hydrogen-bond donors (Lipinski definition) is 1. The Kier molecular flexibility index (Phi) is 38.0. The second kappa shape index (κ2) is 39.6. The molecule has 0 radical (unpaired) electrons. The van der Waals surface area contributed by atoms with Gasteiger partial charge in [0, 0.05) is 12.8 Å². The first-order valence-corrected chi connectivity index (χ1v) is 20.5. The van der Waals surface area contributed by atoms with Gasteiger partial charge in [-0.25, -0.2) is 0 Å². The van der Waals surface area contributed by atoms with Gasteiger partial charge in [0.15, 0.2) is 6.10 Å². The van der Waals surface area contributed by atoms with E-state index in [4.69, 9.17) is 9.47 Å². The van der Waals surface area contributed by atoms with Crippen molar-refractivity contribution in [3.63, 3.8) is 0 Å². The van der Waals surface area contributed by atoms with Gasteiger partial charge in [-0.3, -0.25) is 9.59 Å². The molecule has 0 aromatic rings. The second-order valence-corrected chi connectivity index (χ2v) is 13.7. The molecule has 0 spiro atoms. The highest BCUT2D eigenvalue weighted by Gasteiger charge is 2.16. The highest BCUT2D eigenvalue weighted by Crippen LogP contribution is 2.13. The molecule has 0 bridgehead atoms. The zero-order chi connectivity index (χ0) is 35.0. The van der Waals surface area contributed by atoms with Crippen molar-refractivity contribution in [2.45, 2.75) is 213 Å². The minimum absolute atomic E-state index is 0.0700. The van der Waals surface area contributed by atoms with Crippen LogP contribution < -0.4 is 0 Å². The molecular formula is C43H78O5. The zero-order valence-corrected chi connectivity index (χ0v) is 31.7. The van der Waals surface area contributed by atoms with E-state index in [-0.39, 0.29) is 25.2 Å². The summed E-state index contributed by atoms with van der Waals surface area (Å²) in [6.45, 7) is 4.10. The topological polar surface area (TPSA) is 72.8 Å². The van der Waals surface area contributed by atoms with Crippen LogP contribution >= 0.6 is 0 Å². The number of allylic oxidation sites excluding steroid dienone is 6. The van der Waals surface area contributed by atoms with Crippen LogP contribution in [0, 0.1) is 0 Å². The van der Waals surface area contributed by atoms with E-state index in [9.17, 15) is 14.7 Å². The van der Waals surface area contributed by atoms with Gasteiger partial charge in [-0.1, -0.05) is 159 Å². The lowest BCUT2D eigenvalue weighted by molar-refractivity contribution is -0.161. The van der Waals surface area contributed by atoms with E-state index in [0.717, 1.165) is 51.4 Å². The minimum Gasteiger partial charge on any atom is -0.462 e. The quantitative estimate of drug-likeness (QED) is 0.0403. The molecule has 1 atom stereocenters. The third-order valence-electron chi connectivity index (χ3n) is 8.91. The van der Waals surface area contributed by atoms with Crippen molar-refractivity contribution in [1.29, 1.82) is 0 Å². The van der Waals surface area contributed by atoms with Gasteiger partial charge in [0.05, 0.1) is 6.61 Å². The SMILES string of the molecule is CCCCCC=CCC=CCCCCCCCCCC(=O)OC(CO)COC(=O)CCCCCCCCCC=CCCCCCCCC. The molecule has 0 heterocycles. The van der Waals surface area contributed by atoms with E-state index < -0.39 is 6.10 Å². The van der Waals surface area contributed by atoms with Crippen molar-refractivity contribution in [3.05, 3.63) is 36.5 Å². The fourth-order valence-corrected chi connectivity index (χ4v) is 5.75. The Bertz CT molecular complexity index is 771. The summed E-state index contributed by atoms with van der Waals surface area (Å²) in [6.07, 6.45) is 47.7. The summed E-state index contributed by atoms with van der Waals surface area (Å²) in [7, 11) is 0. The first-order valence-electron chi connectivity index (χ1n) is 20.5. The van der Waals surface area contributed by atoms with Gasteiger partial charge in [0.1, 0.15) is 6.61 Å².